The van der Waals surface area contributed by atoms with Crippen LogP contribution in [0.5, 0.6) is 0 Å². The van der Waals surface area contributed by atoms with Crippen molar-refractivity contribution in [3.8, 4) is 0 Å². The second-order valence-electron chi connectivity index (χ2n) is 5.48. The molecule has 1 rings (SSSR count). The van der Waals surface area contributed by atoms with Crippen molar-refractivity contribution in [2.45, 2.75) is 38.8 Å². The van der Waals surface area contributed by atoms with E-state index in [4.69, 9.17) is 9.84 Å². The number of halogens is 2. The quantitative estimate of drug-likeness (QED) is 0.896. The summed E-state index contributed by atoms with van der Waals surface area (Å²) < 4.78 is 31.2. The molecule has 0 bridgehead atoms. The number of carbonyl (C=O) groups is 2. The summed E-state index contributed by atoms with van der Waals surface area (Å²) in [4.78, 5) is 22.7. The summed E-state index contributed by atoms with van der Waals surface area (Å²) in [5.41, 5.74) is -0.797. The van der Waals surface area contributed by atoms with Gasteiger partial charge < -0.3 is 15.2 Å². The zero-order valence-corrected chi connectivity index (χ0v) is 11.9. The van der Waals surface area contributed by atoms with E-state index in [1.807, 2.05) is 0 Å². The molecule has 0 aromatic heterocycles. The molecule has 1 aromatic carbocycles. The summed E-state index contributed by atoms with van der Waals surface area (Å²) >= 11 is 0. The molecule has 1 unspecified atom stereocenters. The molecule has 1 aromatic rings. The van der Waals surface area contributed by atoms with Gasteiger partial charge in [0.1, 0.15) is 23.3 Å². The average molecular weight is 301 g/mol. The van der Waals surface area contributed by atoms with Gasteiger partial charge in [-0.25, -0.2) is 18.4 Å². The lowest BCUT2D eigenvalue weighted by atomic mass is 10.1. The Hall–Kier alpha value is -2.18. The number of carboxylic acid groups (broad SMARTS) is 1. The number of aliphatic carboxylic acids is 1. The number of alkyl carbamates (subject to hydrolysis) is 1. The van der Waals surface area contributed by atoms with Gasteiger partial charge in [0.25, 0.3) is 0 Å². The van der Waals surface area contributed by atoms with Crippen LogP contribution in [0.15, 0.2) is 18.2 Å². The number of ether oxygens (including phenoxy) is 1. The monoisotopic (exact) mass is 301 g/mol. The third kappa shape index (κ3) is 5.76. The highest BCUT2D eigenvalue weighted by molar-refractivity contribution is 5.80. The van der Waals surface area contributed by atoms with Crippen LogP contribution in [0.4, 0.5) is 13.6 Å². The summed E-state index contributed by atoms with van der Waals surface area (Å²) in [6.07, 6.45) is -1.24. The summed E-state index contributed by atoms with van der Waals surface area (Å²) in [5, 5.41) is 11.2. The van der Waals surface area contributed by atoms with Crippen LogP contribution in [0.2, 0.25) is 0 Å². The Labute approximate surface area is 120 Å². The number of amides is 1. The molecule has 1 amide bonds. The fraction of sp³-hybridized carbons (Fsp3) is 0.429. The predicted octanol–water partition coefficient (Wildman–Crippen LogP) is 2.49. The van der Waals surface area contributed by atoms with Crippen molar-refractivity contribution in [3.63, 3.8) is 0 Å². The molecule has 5 nitrogen and oxygen atoms in total. The van der Waals surface area contributed by atoms with E-state index in [2.05, 4.69) is 5.32 Å². The van der Waals surface area contributed by atoms with Gasteiger partial charge in [-0.05, 0) is 32.4 Å². The molecular weight excluding hydrogens is 284 g/mol. The molecule has 0 heterocycles. The van der Waals surface area contributed by atoms with E-state index in [0.717, 1.165) is 12.1 Å². The maximum absolute atomic E-state index is 13.5. The van der Waals surface area contributed by atoms with Crippen molar-refractivity contribution >= 4 is 12.1 Å². The number of carboxylic acids is 1. The Bertz CT molecular complexity index is 540. The van der Waals surface area contributed by atoms with Crippen molar-refractivity contribution in [1.29, 1.82) is 0 Å². The van der Waals surface area contributed by atoms with Gasteiger partial charge in [0, 0.05) is 12.5 Å². The molecule has 7 heteroatoms. The molecule has 1 atom stereocenters. The van der Waals surface area contributed by atoms with Gasteiger partial charge in [0.05, 0.1) is 0 Å². The molecule has 21 heavy (non-hydrogen) atoms. The van der Waals surface area contributed by atoms with Crippen LogP contribution in [0.3, 0.4) is 0 Å². The van der Waals surface area contributed by atoms with Gasteiger partial charge in [-0.1, -0.05) is 6.07 Å². The van der Waals surface area contributed by atoms with Crippen LogP contribution < -0.4 is 5.32 Å². The lowest BCUT2D eigenvalue weighted by Gasteiger charge is -2.22. The molecule has 0 saturated heterocycles. The molecule has 0 fully saturated rings. The Kier molecular flexibility index (Phi) is 5.23. The van der Waals surface area contributed by atoms with E-state index in [9.17, 15) is 18.4 Å². The van der Waals surface area contributed by atoms with E-state index < -0.39 is 35.3 Å². The fourth-order valence-electron chi connectivity index (χ4n) is 1.56. The Morgan fingerprint density at radius 3 is 2.43 bits per heavy atom. The summed E-state index contributed by atoms with van der Waals surface area (Å²) in [6.45, 7) is 4.88. The van der Waals surface area contributed by atoms with Crippen molar-refractivity contribution < 1.29 is 28.2 Å². The number of nitrogens with one attached hydrogen (secondary N) is 1. The molecule has 116 valence electrons. The molecular formula is C14H17F2NO4. The zero-order valence-electron chi connectivity index (χ0n) is 11.9. The highest BCUT2D eigenvalue weighted by Crippen LogP contribution is 2.13. The van der Waals surface area contributed by atoms with Crippen LogP contribution in [-0.2, 0) is 16.0 Å². The number of carbonyl (C=O) groups excluding carboxylic acids is 1. The smallest absolute Gasteiger partial charge is 0.408 e. The second kappa shape index (κ2) is 6.51. The molecule has 0 saturated carbocycles. The SMILES string of the molecule is CC(C)(C)OC(=O)NC(Cc1ccc(F)cc1F)C(=O)O. The predicted molar refractivity (Wildman–Crippen MR) is 70.9 cm³/mol. The lowest BCUT2D eigenvalue weighted by Crippen LogP contribution is -2.44. The van der Waals surface area contributed by atoms with Crippen molar-refractivity contribution in [3.05, 3.63) is 35.4 Å². The minimum atomic E-state index is -1.38. The second-order valence-corrected chi connectivity index (χ2v) is 5.48. The number of hydrogen-bond acceptors (Lipinski definition) is 3. The molecule has 0 aliphatic carbocycles. The van der Waals surface area contributed by atoms with Gasteiger partial charge >= 0.3 is 12.1 Å². The van der Waals surface area contributed by atoms with Crippen LogP contribution in [0.25, 0.3) is 0 Å². The third-order valence-corrected chi connectivity index (χ3v) is 2.43. The summed E-state index contributed by atoms with van der Waals surface area (Å²) in [7, 11) is 0. The van der Waals surface area contributed by atoms with E-state index in [0.29, 0.717) is 6.07 Å². The molecule has 0 radical (unpaired) electrons. The maximum atomic E-state index is 13.5. The van der Waals surface area contributed by atoms with E-state index in [-0.39, 0.29) is 12.0 Å². The van der Waals surface area contributed by atoms with E-state index >= 15 is 0 Å². The largest absolute Gasteiger partial charge is 0.480 e. The fourth-order valence-corrected chi connectivity index (χ4v) is 1.56. The first-order valence-electron chi connectivity index (χ1n) is 6.25. The van der Waals surface area contributed by atoms with Crippen LogP contribution in [0.1, 0.15) is 26.3 Å². The van der Waals surface area contributed by atoms with Crippen molar-refractivity contribution in [2.75, 3.05) is 0 Å². The van der Waals surface area contributed by atoms with E-state index in [1.165, 1.54) is 0 Å². The first-order valence-corrected chi connectivity index (χ1v) is 6.25. The van der Waals surface area contributed by atoms with Crippen molar-refractivity contribution in [1.82, 2.24) is 5.32 Å². The molecule has 2 N–H and O–H groups in total. The van der Waals surface area contributed by atoms with Crippen LogP contribution in [-0.4, -0.2) is 28.8 Å². The van der Waals surface area contributed by atoms with E-state index in [1.54, 1.807) is 20.8 Å². The molecule has 0 aliphatic rings. The topological polar surface area (TPSA) is 75.6 Å². The maximum Gasteiger partial charge on any atom is 0.408 e. The van der Waals surface area contributed by atoms with Gasteiger partial charge in [-0.2, -0.15) is 0 Å². The van der Waals surface area contributed by atoms with Crippen LogP contribution >= 0.6 is 0 Å². The van der Waals surface area contributed by atoms with Gasteiger partial charge in [0.2, 0.25) is 0 Å². The number of hydrogen-bond donors (Lipinski definition) is 2. The Balaban J connectivity index is 2.79. The molecule has 0 aliphatic heterocycles. The average Bonchev–Trinajstić information content (AvgIpc) is 2.28. The van der Waals surface area contributed by atoms with Crippen molar-refractivity contribution in [2.24, 2.45) is 0 Å². The first kappa shape index (κ1) is 16.9. The standard InChI is InChI=1S/C14H17F2NO4/c1-14(2,3)21-13(20)17-11(12(18)19)6-8-4-5-9(15)7-10(8)16/h4-5,7,11H,6H2,1-3H3,(H,17,20)(H,18,19). The zero-order chi connectivity index (χ0) is 16.2. The minimum Gasteiger partial charge on any atom is -0.480 e. The van der Waals surface area contributed by atoms with Gasteiger partial charge in [0.15, 0.2) is 0 Å². The minimum absolute atomic E-state index is 0.0140. The Morgan fingerprint density at radius 1 is 1.33 bits per heavy atom. The summed E-state index contributed by atoms with van der Waals surface area (Å²) in [6, 6.07) is 1.43. The Morgan fingerprint density at radius 2 is 1.95 bits per heavy atom. The van der Waals surface area contributed by atoms with Gasteiger partial charge in [-0.15, -0.1) is 0 Å². The number of rotatable bonds is 4. The highest BCUT2D eigenvalue weighted by atomic mass is 19.1. The first-order chi connectivity index (χ1) is 9.58. The molecule has 0 spiro atoms. The van der Waals surface area contributed by atoms with Crippen LogP contribution in [0, 0.1) is 11.6 Å². The normalized spacial score (nSPS) is 12.6. The third-order valence-electron chi connectivity index (χ3n) is 2.43. The summed E-state index contributed by atoms with van der Waals surface area (Å²) in [5.74, 6) is -2.97. The number of benzene rings is 1. The highest BCUT2D eigenvalue weighted by Gasteiger charge is 2.25. The lowest BCUT2D eigenvalue weighted by molar-refractivity contribution is -0.139. The van der Waals surface area contributed by atoms with Gasteiger partial charge in [-0.3, -0.25) is 0 Å².